The second-order valence-electron chi connectivity index (χ2n) is 9.81. The van der Waals surface area contributed by atoms with Crippen LogP contribution < -0.4 is 9.64 Å². The maximum Gasteiger partial charge on any atom is 0.260 e. The molecule has 0 saturated heterocycles. The molecule has 1 fully saturated rings. The topological polar surface area (TPSA) is 92.7 Å². The van der Waals surface area contributed by atoms with Gasteiger partial charge >= 0.3 is 0 Å². The SMILES string of the molecule is COc1ccc(C)c2sc(N(Cc3ccccn3)C(=O)c3ccc(S(=O)(=O)N(C)C4CCCCC4)cc3)nc12. The summed E-state index contributed by atoms with van der Waals surface area (Å²) in [5.41, 5.74) is 2.81. The van der Waals surface area contributed by atoms with Gasteiger partial charge in [-0.3, -0.25) is 14.7 Å². The minimum absolute atomic E-state index is 0.0124. The van der Waals surface area contributed by atoms with Crippen molar-refractivity contribution >= 4 is 42.6 Å². The molecule has 2 heterocycles. The first-order valence-corrected chi connectivity index (χ1v) is 15.3. The van der Waals surface area contributed by atoms with Crippen molar-refractivity contribution in [3.05, 3.63) is 77.6 Å². The Balaban J connectivity index is 1.48. The van der Waals surface area contributed by atoms with Gasteiger partial charge in [0.15, 0.2) is 5.13 Å². The number of ether oxygens (including phenoxy) is 1. The summed E-state index contributed by atoms with van der Waals surface area (Å²) < 4.78 is 34.6. The van der Waals surface area contributed by atoms with Gasteiger partial charge in [-0.25, -0.2) is 13.4 Å². The van der Waals surface area contributed by atoms with E-state index in [9.17, 15) is 13.2 Å². The summed E-state index contributed by atoms with van der Waals surface area (Å²) in [6.07, 6.45) is 6.67. The predicted molar refractivity (Wildman–Crippen MR) is 154 cm³/mol. The molecule has 1 saturated carbocycles. The third-order valence-electron chi connectivity index (χ3n) is 7.30. The molecule has 2 aromatic heterocycles. The molecule has 0 unspecified atom stereocenters. The molecule has 1 amide bonds. The van der Waals surface area contributed by atoms with Crippen LogP contribution in [-0.4, -0.2) is 48.8 Å². The fraction of sp³-hybridized carbons (Fsp3) is 0.345. The first-order valence-electron chi connectivity index (χ1n) is 13.0. The molecule has 0 aliphatic heterocycles. The minimum Gasteiger partial charge on any atom is -0.494 e. The van der Waals surface area contributed by atoms with Gasteiger partial charge in [-0.1, -0.05) is 42.7 Å². The van der Waals surface area contributed by atoms with Crippen molar-refractivity contribution in [2.75, 3.05) is 19.1 Å². The van der Waals surface area contributed by atoms with Crippen molar-refractivity contribution in [2.45, 2.75) is 56.5 Å². The van der Waals surface area contributed by atoms with Crippen LogP contribution in [0.5, 0.6) is 5.75 Å². The van der Waals surface area contributed by atoms with Crippen LogP contribution in [0.15, 0.2) is 65.7 Å². The first kappa shape index (κ1) is 27.2. The average molecular weight is 565 g/mol. The van der Waals surface area contributed by atoms with Crippen LogP contribution in [0, 0.1) is 6.92 Å². The number of thiazole rings is 1. The van der Waals surface area contributed by atoms with Crippen LogP contribution in [0.3, 0.4) is 0 Å². The van der Waals surface area contributed by atoms with Gasteiger partial charge in [0.25, 0.3) is 5.91 Å². The largest absolute Gasteiger partial charge is 0.494 e. The Kier molecular flexibility index (Phi) is 7.97. The molecule has 1 aliphatic rings. The van der Waals surface area contributed by atoms with Gasteiger partial charge in [0, 0.05) is 24.8 Å². The van der Waals surface area contributed by atoms with Crippen molar-refractivity contribution in [1.29, 1.82) is 0 Å². The molecule has 204 valence electrons. The molecule has 39 heavy (non-hydrogen) atoms. The van der Waals surface area contributed by atoms with Crippen LogP contribution in [0.1, 0.15) is 53.7 Å². The number of carbonyl (C=O) groups excluding carboxylic acids is 1. The monoisotopic (exact) mass is 564 g/mol. The average Bonchev–Trinajstić information content (AvgIpc) is 3.43. The Morgan fingerprint density at radius 3 is 2.46 bits per heavy atom. The second-order valence-corrected chi connectivity index (χ2v) is 12.8. The Bertz CT molecular complexity index is 1560. The number of sulfonamides is 1. The normalized spacial score (nSPS) is 14.6. The highest BCUT2D eigenvalue weighted by Crippen LogP contribution is 2.37. The highest BCUT2D eigenvalue weighted by molar-refractivity contribution is 7.89. The van der Waals surface area contributed by atoms with Gasteiger partial charge in [-0.2, -0.15) is 4.31 Å². The number of amides is 1. The van der Waals surface area contributed by atoms with E-state index >= 15 is 0 Å². The zero-order valence-corrected chi connectivity index (χ0v) is 24.0. The lowest BCUT2D eigenvalue weighted by Gasteiger charge is -2.30. The quantitative estimate of drug-likeness (QED) is 0.268. The molecule has 8 nitrogen and oxygen atoms in total. The molecule has 5 rings (SSSR count). The summed E-state index contributed by atoms with van der Waals surface area (Å²) in [6, 6.07) is 15.6. The Hall–Kier alpha value is -3.34. The molecule has 0 radical (unpaired) electrons. The van der Waals surface area contributed by atoms with E-state index in [2.05, 4.69) is 4.98 Å². The summed E-state index contributed by atoms with van der Waals surface area (Å²) in [7, 11) is -0.404. The number of carbonyl (C=O) groups is 1. The standard InChI is InChI=1S/C29H32N4O4S2/c1-20-12-17-25(37-3)26-27(20)38-29(31-26)33(19-22-9-7-8-18-30-22)28(34)21-13-15-24(16-14-21)39(35,36)32(2)23-10-5-4-6-11-23/h7-9,12-18,23H,4-6,10-11,19H2,1-3H3. The van der Waals surface area contributed by atoms with Crippen molar-refractivity contribution in [3.8, 4) is 5.75 Å². The number of rotatable bonds is 8. The number of hydrogen-bond donors (Lipinski definition) is 0. The number of methoxy groups -OCH3 is 1. The predicted octanol–water partition coefficient (Wildman–Crippen LogP) is 5.81. The number of aryl methyl sites for hydroxylation is 1. The summed E-state index contributed by atoms with van der Waals surface area (Å²) in [5, 5.41) is 0.516. The van der Waals surface area contributed by atoms with Gasteiger partial charge in [-0.15, -0.1) is 0 Å². The van der Waals surface area contributed by atoms with E-state index in [-0.39, 0.29) is 23.4 Å². The zero-order chi connectivity index (χ0) is 27.6. The number of anilines is 1. The van der Waals surface area contributed by atoms with Gasteiger partial charge in [-0.05, 0) is 67.8 Å². The summed E-state index contributed by atoms with van der Waals surface area (Å²) in [4.78, 5) is 24.8. The number of nitrogens with zero attached hydrogens (tertiary/aromatic N) is 4. The highest BCUT2D eigenvalue weighted by atomic mass is 32.2. The maximum atomic E-state index is 13.9. The van der Waals surface area contributed by atoms with E-state index in [1.165, 1.54) is 27.8 Å². The van der Waals surface area contributed by atoms with Crippen LogP contribution >= 0.6 is 11.3 Å². The van der Waals surface area contributed by atoms with Crippen molar-refractivity contribution in [3.63, 3.8) is 0 Å². The number of fused-ring (bicyclic) bond motifs is 1. The number of pyridine rings is 1. The molecular weight excluding hydrogens is 532 g/mol. The van der Waals surface area contributed by atoms with E-state index in [0.29, 0.717) is 27.7 Å². The van der Waals surface area contributed by atoms with E-state index < -0.39 is 10.0 Å². The molecule has 0 spiro atoms. The van der Waals surface area contributed by atoms with Crippen LogP contribution in [0.4, 0.5) is 5.13 Å². The molecule has 0 atom stereocenters. The van der Waals surface area contributed by atoms with Gasteiger partial charge in [0.1, 0.15) is 11.3 Å². The van der Waals surface area contributed by atoms with E-state index in [0.717, 1.165) is 42.4 Å². The molecular formula is C29H32N4O4S2. The van der Waals surface area contributed by atoms with E-state index in [4.69, 9.17) is 9.72 Å². The summed E-state index contributed by atoms with van der Waals surface area (Å²) in [5.74, 6) is 0.348. The number of benzene rings is 2. The third kappa shape index (κ3) is 5.54. The first-order chi connectivity index (χ1) is 18.8. The van der Waals surface area contributed by atoms with Crippen molar-refractivity contribution in [2.24, 2.45) is 0 Å². The van der Waals surface area contributed by atoms with Gasteiger partial charge in [0.2, 0.25) is 10.0 Å². The molecule has 0 bridgehead atoms. The van der Waals surface area contributed by atoms with E-state index in [1.807, 2.05) is 37.3 Å². The van der Waals surface area contributed by atoms with Crippen molar-refractivity contribution < 1.29 is 17.9 Å². The van der Waals surface area contributed by atoms with Gasteiger partial charge in [0.05, 0.1) is 28.9 Å². The lowest BCUT2D eigenvalue weighted by atomic mass is 9.96. The lowest BCUT2D eigenvalue weighted by Crippen LogP contribution is -2.38. The van der Waals surface area contributed by atoms with E-state index in [1.54, 1.807) is 37.4 Å². The summed E-state index contributed by atoms with van der Waals surface area (Å²) in [6.45, 7) is 2.21. The summed E-state index contributed by atoms with van der Waals surface area (Å²) >= 11 is 1.41. The fourth-order valence-electron chi connectivity index (χ4n) is 4.99. The minimum atomic E-state index is -3.66. The smallest absolute Gasteiger partial charge is 0.260 e. The highest BCUT2D eigenvalue weighted by Gasteiger charge is 2.30. The van der Waals surface area contributed by atoms with Gasteiger partial charge < -0.3 is 4.74 Å². The molecule has 2 aromatic carbocycles. The Morgan fingerprint density at radius 1 is 1.05 bits per heavy atom. The maximum absolute atomic E-state index is 13.9. The van der Waals surface area contributed by atoms with Crippen LogP contribution in [0.2, 0.25) is 0 Å². The lowest BCUT2D eigenvalue weighted by molar-refractivity contribution is 0.0984. The molecule has 10 heteroatoms. The third-order valence-corrected chi connectivity index (χ3v) is 10.4. The Morgan fingerprint density at radius 2 is 1.79 bits per heavy atom. The molecule has 1 aliphatic carbocycles. The zero-order valence-electron chi connectivity index (χ0n) is 22.3. The second kappa shape index (κ2) is 11.4. The number of aromatic nitrogens is 2. The fourth-order valence-corrected chi connectivity index (χ4v) is 7.46. The van der Waals surface area contributed by atoms with Crippen LogP contribution in [0.25, 0.3) is 10.2 Å². The van der Waals surface area contributed by atoms with Crippen LogP contribution in [-0.2, 0) is 16.6 Å². The molecule has 4 aromatic rings. The number of hydrogen-bond acceptors (Lipinski definition) is 7. The Labute approximate surface area is 233 Å². The van der Waals surface area contributed by atoms with Crippen molar-refractivity contribution in [1.82, 2.24) is 14.3 Å². The molecule has 0 N–H and O–H groups in total.